The first-order valence-corrected chi connectivity index (χ1v) is 6.35. The summed E-state index contributed by atoms with van der Waals surface area (Å²) in [6.45, 7) is 2.32. The number of nitriles is 1. The van der Waals surface area contributed by atoms with Crippen LogP contribution in [0.4, 0.5) is 4.39 Å². The standard InChI is InChI=1S/C14H18FN3O/c1-19-7-6-18-5-4-13(17)14(18)10-2-3-12(15)11(8-10)9-16/h2-3,8,13-14H,4-7,17H2,1H3. The summed E-state index contributed by atoms with van der Waals surface area (Å²) in [5.41, 5.74) is 7.12. The predicted molar refractivity (Wildman–Crippen MR) is 69.9 cm³/mol. The minimum Gasteiger partial charge on any atom is -0.383 e. The fourth-order valence-electron chi connectivity index (χ4n) is 2.61. The Morgan fingerprint density at radius 2 is 2.37 bits per heavy atom. The number of ether oxygens (including phenoxy) is 1. The molecule has 2 rings (SSSR count). The number of hydrogen-bond donors (Lipinski definition) is 1. The van der Waals surface area contributed by atoms with E-state index in [-0.39, 0.29) is 17.6 Å². The zero-order valence-electron chi connectivity index (χ0n) is 11.0. The van der Waals surface area contributed by atoms with Gasteiger partial charge in [-0.2, -0.15) is 5.26 Å². The number of nitrogens with two attached hydrogens (primary N) is 1. The van der Waals surface area contributed by atoms with Crippen molar-refractivity contribution in [3.63, 3.8) is 0 Å². The van der Waals surface area contributed by atoms with Crippen LogP contribution in [0, 0.1) is 17.1 Å². The van der Waals surface area contributed by atoms with E-state index in [0.29, 0.717) is 6.61 Å². The number of rotatable bonds is 4. The molecule has 19 heavy (non-hydrogen) atoms. The zero-order valence-corrected chi connectivity index (χ0v) is 11.0. The fourth-order valence-corrected chi connectivity index (χ4v) is 2.61. The normalized spacial score (nSPS) is 23.5. The van der Waals surface area contributed by atoms with Gasteiger partial charge in [0, 0.05) is 26.2 Å². The second-order valence-corrected chi connectivity index (χ2v) is 4.78. The van der Waals surface area contributed by atoms with E-state index in [1.54, 1.807) is 19.2 Å². The van der Waals surface area contributed by atoms with E-state index in [2.05, 4.69) is 4.90 Å². The van der Waals surface area contributed by atoms with Gasteiger partial charge in [-0.05, 0) is 24.1 Å². The molecule has 1 aliphatic heterocycles. The molecule has 2 N–H and O–H groups in total. The Kier molecular flexibility index (Phi) is 4.48. The molecule has 1 heterocycles. The van der Waals surface area contributed by atoms with Gasteiger partial charge in [-0.25, -0.2) is 4.39 Å². The minimum absolute atomic E-state index is 0.00820. The lowest BCUT2D eigenvalue weighted by atomic mass is 9.99. The number of benzene rings is 1. The molecule has 0 spiro atoms. The summed E-state index contributed by atoms with van der Waals surface area (Å²) < 4.78 is 18.5. The van der Waals surface area contributed by atoms with Crippen LogP contribution in [0.1, 0.15) is 23.6 Å². The molecule has 1 aliphatic rings. The number of likely N-dealkylation sites (tertiary alicyclic amines) is 1. The summed E-state index contributed by atoms with van der Waals surface area (Å²) in [7, 11) is 1.66. The number of methoxy groups -OCH3 is 1. The Bertz CT molecular complexity index is 486. The zero-order chi connectivity index (χ0) is 13.8. The molecule has 0 amide bonds. The van der Waals surface area contributed by atoms with Crippen molar-refractivity contribution in [1.82, 2.24) is 4.90 Å². The quantitative estimate of drug-likeness (QED) is 0.892. The Balaban J connectivity index is 2.25. The van der Waals surface area contributed by atoms with Gasteiger partial charge in [-0.15, -0.1) is 0 Å². The first-order chi connectivity index (χ1) is 9.17. The van der Waals surface area contributed by atoms with Crippen molar-refractivity contribution in [2.24, 2.45) is 5.73 Å². The van der Waals surface area contributed by atoms with Gasteiger partial charge in [0.15, 0.2) is 0 Å². The topological polar surface area (TPSA) is 62.3 Å². The van der Waals surface area contributed by atoms with Crippen molar-refractivity contribution >= 4 is 0 Å². The Labute approximate surface area is 112 Å². The summed E-state index contributed by atoms with van der Waals surface area (Å²) in [5, 5.41) is 8.90. The first-order valence-electron chi connectivity index (χ1n) is 6.35. The molecule has 1 saturated heterocycles. The van der Waals surface area contributed by atoms with E-state index in [1.165, 1.54) is 6.07 Å². The third kappa shape index (κ3) is 2.92. The van der Waals surface area contributed by atoms with Crippen LogP contribution in [0.2, 0.25) is 0 Å². The van der Waals surface area contributed by atoms with E-state index in [0.717, 1.165) is 25.1 Å². The highest BCUT2D eigenvalue weighted by atomic mass is 19.1. The van der Waals surface area contributed by atoms with Crippen LogP contribution in [0.25, 0.3) is 0 Å². The van der Waals surface area contributed by atoms with Crippen LogP contribution < -0.4 is 5.73 Å². The van der Waals surface area contributed by atoms with Crippen LogP contribution in [0.5, 0.6) is 0 Å². The minimum atomic E-state index is -0.485. The fraction of sp³-hybridized carbons (Fsp3) is 0.500. The summed E-state index contributed by atoms with van der Waals surface area (Å²) in [6, 6.07) is 6.57. The molecule has 4 nitrogen and oxygen atoms in total. The molecular weight excluding hydrogens is 245 g/mol. The molecule has 2 unspecified atom stereocenters. The molecule has 0 bridgehead atoms. The van der Waals surface area contributed by atoms with E-state index in [4.69, 9.17) is 15.7 Å². The molecule has 102 valence electrons. The van der Waals surface area contributed by atoms with Crippen molar-refractivity contribution < 1.29 is 9.13 Å². The molecule has 2 atom stereocenters. The predicted octanol–water partition coefficient (Wildman–Crippen LogP) is 1.42. The van der Waals surface area contributed by atoms with Gasteiger partial charge in [0.25, 0.3) is 0 Å². The molecule has 0 radical (unpaired) electrons. The van der Waals surface area contributed by atoms with Crippen molar-refractivity contribution in [2.45, 2.75) is 18.5 Å². The van der Waals surface area contributed by atoms with E-state index in [9.17, 15) is 4.39 Å². The lowest BCUT2D eigenvalue weighted by molar-refractivity contribution is 0.139. The molecule has 1 fully saturated rings. The molecular formula is C14H18FN3O. The van der Waals surface area contributed by atoms with Gasteiger partial charge in [-0.3, -0.25) is 4.90 Å². The second kappa shape index (κ2) is 6.11. The van der Waals surface area contributed by atoms with Crippen LogP contribution in [0.15, 0.2) is 18.2 Å². The summed E-state index contributed by atoms with van der Waals surface area (Å²) in [4.78, 5) is 2.22. The Hall–Kier alpha value is -1.48. The van der Waals surface area contributed by atoms with Crippen LogP contribution >= 0.6 is 0 Å². The summed E-state index contributed by atoms with van der Waals surface area (Å²) >= 11 is 0. The highest BCUT2D eigenvalue weighted by Crippen LogP contribution is 2.31. The lowest BCUT2D eigenvalue weighted by Gasteiger charge is -2.27. The Morgan fingerprint density at radius 3 is 3.05 bits per heavy atom. The molecule has 0 aromatic heterocycles. The maximum absolute atomic E-state index is 13.4. The van der Waals surface area contributed by atoms with Gasteiger partial charge in [0.1, 0.15) is 11.9 Å². The second-order valence-electron chi connectivity index (χ2n) is 4.78. The van der Waals surface area contributed by atoms with Crippen molar-refractivity contribution in [2.75, 3.05) is 26.8 Å². The van der Waals surface area contributed by atoms with Crippen LogP contribution in [0.3, 0.4) is 0 Å². The van der Waals surface area contributed by atoms with Crippen molar-refractivity contribution in [1.29, 1.82) is 5.26 Å². The SMILES string of the molecule is COCCN1CCC(N)C1c1ccc(F)c(C#N)c1. The number of nitrogens with zero attached hydrogens (tertiary/aromatic N) is 2. The number of halogens is 1. The maximum atomic E-state index is 13.4. The van der Waals surface area contributed by atoms with Crippen molar-refractivity contribution in [3.05, 3.63) is 35.1 Å². The maximum Gasteiger partial charge on any atom is 0.140 e. The van der Waals surface area contributed by atoms with E-state index in [1.807, 2.05) is 6.07 Å². The summed E-state index contributed by atoms with van der Waals surface area (Å²) in [6.07, 6.45) is 0.896. The molecule has 1 aromatic carbocycles. The smallest absolute Gasteiger partial charge is 0.140 e. The van der Waals surface area contributed by atoms with Gasteiger partial charge in [0.05, 0.1) is 18.2 Å². The molecule has 5 heteroatoms. The first kappa shape index (κ1) is 13.9. The average Bonchev–Trinajstić information content (AvgIpc) is 2.78. The third-order valence-corrected chi connectivity index (χ3v) is 3.58. The third-order valence-electron chi connectivity index (χ3n) is 3.58. The highest BCUT2D eigenvalue weighted by molar-refractivity contribution is 5.36. The molecule has 0 aliphatic carbocycles. The monoisotopic (exact) mass is 263 g/mol. The van der Waals surface area contributed by atoms with Crippen LogP contribution in [-0.2, 0) is 4.74 Å². The largest absolute Gasteiger partial charge is 0.383 e. The molecule has 0 saturated carbocycles. The summed E-state index contributed by atoms with van der Waals surface area (Å²) in [5.74, 6) is -0.485. The molecule has 1 aromatic rings. The average molecular weight is 263 g/mol. The van der Waals surface area contributed by atoms with Crippen molar-refractivity contribution in [3.8, 4) is 6.07 Å². The van der Waals surface area contributed by atoms with Gasteiger partial charge in [0.2, 0.25) is 0 Å². The van der Waals surface area contributed by atoms with Gasteiger partial charge < -0.3 is 10.5 Å². The lowest BCUT2D eigenvalue weighted by Crippen LogP contribution is -2.33. The van der Waals surface area contributed by atoms with Crippen LogP contribution in [-0.4, -0.2) is 37.7 Å². The highest BCUT2D eigenvalue weighted by Gasteiger charge is 2.32. The number of hydrogen-bond acceptors (Lipinski definition) is 4. The van der Waals surface area contributed by atoms with Gasteiger partial charge >= 0.3 is 0 Å². The van der Waals surface area contributed by atoms with E-state index >= 15 is 0 Å². The van der Waals surface area contributed by atoms with Gasteiger partial charge in [-0.1, -0.05) is 6.07 Å². The van der Waals surface area contributed by atoms with E-state index < -0.39 is 5.82 Å². The Morgan fingerprint density at radius 1 is 1.58 bits per heavy atom.